The Labute approximate surface area is 92.0 Å². The van der Waals surface area contributed by atoms with E-state index in [1.54, 1.807) is 6.08 Å². The molecule has 0 aliphatic rings. The molecule has 0 saturated carbocycles. The van der Waals surface area contributed by atoms with Crippen LogP contribution in [0, 0.1) is 0 Å². The lowest BCUT2D eigenvalue weighted by Crippen LogP contribution is -2.14. The molecule has 1 nitrogen and oxygen atoms in total. The summed E-state index contributed by atoms with van der Waals surface area (Å²) < 4.78 is 0. The predicted molar refractivity (Wildman–Crippen MR) is 67.9 cm³/mol. The second kappa shape index (κ2) is 5.86. The molecular formula is C14H17N. The molecule has 1 aromatic carbocycles. The van der Waals surface area contributed by atoms with Crippen LogP contribution in [0.1, 0.15) is 6.92 Å². The summed E-state index contributed by atoms with van der Waals surface area (Å²) in [4.78, 5) is 2.13. The maximum absolute atomic E-state index is 3.72. The van der Waals surface area contributed by atoms with Crippen molar-refractivity contribution in [2.24, 2.45) is 0 Å². The third-order valence-electron chi connectivity index (χ3n) is 2.16. The minimum absolute atomic E-state index is 1.12. The van der Waals surface area contributed by atoms with Crippen LogP contribution in [0.2, 0.25) is 0 Å². The van der Waals surface area contributed by atoms with E-state index in [4.69, 9.17) is 0 Å². The molecule has 1 aromatic rings. The Bertz CT molecular complexity index is 360. The van der Waals surface area contributed by atoms with Gasteiger partial charge >= 0.3 is 0 Å². The summed E-state index contributed by atoms with van der Waals surface area (Å²) in [5.74, 6) is 0. The summed E-state index contributed by atoms with van der Waals surface area (Å²) in [6.45, 7) is 5.73. The fraction of sp³-hybridized carbons (Fsp3) is 0.143. The summed E-state index contributed by atoms with van der Waals surface area (Å²) >= 11 is 0. The van der Waals surface area contributed by atoms with Gasteiger partial charge in [0.1, 0.15) is 0 Å². The first-order valence-corrected chi connectivity index (χ1v) is 5.03. The fourth-order valence-electron chi connectivity index (χ4n) is 1.37. The van der Waals surface area contributed by atoms with Crippen LogP contribution in [-0.4, -0.2) is 7.05 Å². The van der Waals surface area contributed by atoms with Crippen molar-refractivity contribution in [2.45, 2.75) is 6.92 Å². The highest BCUT2D eigenvalue weighted by Crippen LogP contribution is 2.17. The van der Waals surface area contributed by atoms with E-state index in [9.17, 15) is 0 Å². The van der Waals surface area contributed by atoms with Gasteiger partial charge in [-0.25, -0.2) is 0 Å². The summed E-state index contributed by atoms with van der Waals surface area (Å²) in [6.07, 6.45) is 7.88. The summed E-state index contributed by atoms with van der Waals surface area (Å²) in [5.41, 5.74) is 2.29. The van der Waals surface area contributed by atoms with Gasteiger partial charge in [-0.15, -0.1) is 0 Å². The lowest BCUT2D eigenvalue weighted by Gasteiger charge is -2.20. The smallest absolute Gasteiger partial charge is 0.0408 e. The Morgan fingerprint density at radius 2 is 1.93 bits per heavy atom. The molecule has 0 aromatic heterocycles. The molecule has 0 saturated heterocycles. The molecule has 0 amide bonds. The molecule has 0 atom stereocenters. The highest BCUT2D eigenvalue weighted by molar-refractivity contribution is 5.53. The van der Waals surface area contributed by atoms with Crippen molar-refractivity contribution in [3.8, 4) is 0 Å². The number of hydrogen-bond acceptors (Lipinski definition) is 1. The van der Waals surface area contributed by atoms with Crippen LogP contribution in [0.25, 0.3) is 0 Å². The van der Waals surface area contributed by atoms with Crippen molar-refractivity contribution >= 4 is 5.69 Å². The number of nitrogens with zero attached hydrogens (tertiary/aromatic N) is 1. The maximum atomic E-state index is 3.72. The van der Waals surface area contributed by atoms with Gasteiger partial charge in [-0.3, -0.25) is 0 Å². The van der Waals surface area contributed by atoms with Crippen LogP contribution in [0.15, 0.2) is 66.9 Å². The largest absolute Gasteiger partial charge is 0.345 e. The van der Waals surface area contributed by atoms with E-state index in [2.05, 4.69) is 29.7 Å². The second-order valence-corrected chi connectivity index (χ2v) is 3.22. The van der Waals surface area contributed by atoms with Crippen molar-refractivity contribution in [1.82, 2.24) is 0 Å². The Morgan fingerprint density at radius 1 is 1.27 bits per heavy atom. The Kier molecular flexibility index (Phi) is 4.42. The Morgan fingerprint density at radius 3 is 2.47 bits per heavy atom. The zero-order chi connectivity index (χ0) is 11.1. The molecule has 1 heteroatoms. The normalized spacial score (nSPS) is 11.7. The molecular weight excluding hydrogens is 182 g/mol. The van der Waals surface area contributed by atoms with Gasteiger partial charge in [-0.1, -0.05) is 36.9 Å². The summed E-state index contributed by atoms with van der Waals surface area (Å²) in [5, 5.41) is 0. The van der Waals surface area contributed by atoms with E-state index in [1.807, 2.05) is 44.3 Å². The summed E-state index contributed by atoms with van der Waals surface area (Å²) in [7, 11) is 2.05. The van der Waals surface area contributed by atoms with Crippen molar-refractivity contribution in [3.63, 3.8) is 0 Å². The second-order valence-electron chi connectivity index (χ2n) is 3.22. The molecule has 0 spiro atoms. The molecule has 1 rings (SSSR count). The average molecular weight is 199 g/mol. The van der Waals surface area contributed by atoms with E-state index in [0.29, 0.717) is 0 Å². The Balaban J connectivity index is 2.96. The first kappa shape index (κ1) is 11.3. The van der Waals surface area contributed by atoms with Crippen LogP contribution in [-0.2, 0) is 0 Å². The minimum Gasteiger partial charge on any atom is -0.345 e. The number of allylic oxidation sites excluding steroid dienone is 4. The predicted octanol–water partition coefficient (Wildman–Crippen LogP) is 3.77. The van der Waals surface area contributed by atoms with E-state index < -0.39 is 0 Å². The van der Waals surface area contributed by atoms with Gasteiger partial charge < -0.3 is 4.90 Å². The van der Waals surface area contributed by atoms with Crippen LogP contribution >= 0.6 is 0 Å². The number of likely N-dealkylation sites (N-methyl/N-ethyl adjacent to an activating group) is 1. The van der Waals surface area contributed by atoms with Crippen LogP contribution < -0.4 is 4.90 Å². The number of benzene rings is 1. The lowest BCUT2D eigenvalue weighted by atomic mass is 10.2. The number of hydrogen-bond donors (Lipinski definition) is 0. The van der Waals surface area contributed by atoms with Crippen molar-refractivity contribution in [2.75, 3.05) is 11.9 Å². The first-order chi connectivity index (χ1) is 7.29. The standard InChI is InChI=1S/C14H17N/c1-4-9-13(10-5-2)15(3)14-11-7-6-8-12-14/h4-12H,1H2,2-3H3. The number of rotatable bonds is 4. The van der Waals surface area contributed by atoms with E-state index in [0.717, 1.165) is 5.70 Å². The zero-order valence-corrected chi connectivity index (χ0v) is 9.35. The average Bonchev–Trinajstić information content (AvgIpc) is 2.29. The van der Waals surface area contributed by atoms with Gasteiger partial charge in [0.2, 0.25) is 0 Å². The summed E-state index contributed by atoms with van der Waals surface area (Å²) in [6, 6.07) is 10.3. The van der Waals surface area contributed by atoms with Crippen molar-refractivity contribution in [1.29, 1.82) is 0 Å². The molecule has 0 aliphatic carbocycles. The highest BCUT2D eigenvalue weighted by atomic mass is 15.1. The molecule has 0 fully saturated rings. The molecule has 0 N–H and O–H groups in total. The zero-order valence-electron chi connectivity index (χ0n) is 9.35. The molecule has 0 radical (unpaired) electrons. The molecule has 0 bridgehead atoms. The first-order valence-electron chi connectivity index (χ1n) is 5.03. The van der Waals surface area contributed by atoms with Gasteiger partial charge in [-0.05, 0) is 31.2 Å². The monoisotopic (exact) mass is 199 g/mol. The minimum atomic E-state index is 1.12. The fourth-order valence-corrected chi connectivity index (χ4v) is 1.37. The van der Waals surface area contributed by atoms with Gasteiger partial charge in [0, 0.05) is 18.4 Å². The third-order valence-corrected chi connectivity index (χ3v) is 2.16. The molecule has 15 heavy (non-hydrogen) atoms. The van der Waals surface area contributed by atoms with Crippen LogP contribution in [0.5, 0.6) is 0 Å². The topological polar surface area (TPSA) is 3.24 Å². The van der Waals surface area contributed by atoms with Crippen LogP contribution in [0.3, 0.4) is 0 Å². The van der Waals surface area contributed by atoms with Crippen molar-refractivity contribution in [3.05, 3.63) is 66.9 Å². The lowest BCUT2D eigenvalue weighted by molar-refractivity contribution is 1.14. The van der Waals surface area contributed by atoms with Gasteiger partial charge in [-0.2, -0.15) is 0 Å². The number of anilines is 1. The van der Waals surface area contributed by atoms with Crippen molar-refractivity contribution < 1.29 is 0 Å². The molecule has 0 aliphatic heterocycles. The maximum Gasteiger partial charge on any atom is 0.0408 e. The van der Waals surface area contributed by atoms with Gasteiger partial charge in [0.15, 0.2) is 0 Å². The highest BCUT2D eigenvalue weighted by Gasteiger charge is 2.01. The molecule has 78 valence electrons. The molecule has 0 heterocycles. The van der Waals surface area contributed by atoms with Crippen LogP contribution in [0.4, 0.5) is 5.69 Å². The Hall–Kier alpha value is -1.76. The quantitative estimate of drug-likeness (QED) is 0.667. The van der Waals surface area contributed by atoms with Gasteiger partial charge in [0.05, 0.1) is 0 Å². The third kappa shape index (κ3) is 3.13. The SMILES string of the molecule is C=CC=C(C=CC)N(C)c1ccccc1. The number of para-hydroxylation sites is 1. The van der Waals surface area contributed by atoms with E-state index in [1.165, 1.54) is 5.69 Å². The van der Waals surface area contributed by atoms with E-state index >= 15 is 0 Å². The molecule has 0 unspecified atom stereocenters. The van der Waals surface area contributed by atoms with E-state index in [-0.39, 0.29) is 0 Å². The van der Waals surface area contributed by atoms with Gasteiger partial charge in [0.25, 0.3) is 0 Å².